The van der Waals surface area contributed by atoms with E-state index in [-0.39, 0.29) is 0 Å². The molecule has 244 valence electrons. The third kappa shape index (κ3) is 5.28. The Morgan fingerprint density at radius 2 is 0.827 bits per heavy atom. The van der Waals surface area contributed by atoms with Crippen molar-refractivity contribution in [1.29, 1.82) is 0 Å². The minimum Gasteiger partial charge on any atom is -0.456 e. The molecule has 52 heavy (non-hydrogen) atoms. The molecule has 0 radical (unpaired) electrons. The maximum atomic E-state index is 6.15. The van der Waals surface area contributed by atoms with Gasteiger partial charge in [0.2, 0.25) is 0 Å². The number of hydrogen-bond donors (Lipinski definition) is 0. The van der Waals surface area contributed by atoms with Gasteiger partial charge in [-0.3, -0.25) is 15.0 Å². The lowest BCUT2D eigenvalue weighted by atomic mass is 10.1. The average molecular weight is 669 g/mol. The molecule has 10 aromatic rings. The standard InChI is InChI=1S/C45H28N6O/c1-6-12-44-35(7-1)36-26-46-41(25-45(36)52-44)29-13-19-32(20-14-29)51(33-21-15-30(16-22-33)42-27-47-37-8-2-4-10-39(37)49-42)34-23-17-31(18-24-34)43-28-48-38-9-3-5-11-40(38)50-43/h1-28H. The van der Waals surface area contributed by atoms with Gasteiger partial charge in [0.25, 0.3) is 0 Å². The molecule has 10 rings (SSSR count). The molecule has 0 saturated carbocycles. The molecule has 0 aliphatic rings. The van der Waals surface area contributed by atoms with Gasteiger partial charge in [0.1, 0.15) is 11.2 Å². The fourth-order valence-electron chi connectivity index (χ4n) is 6.76. The number of benzene rings is 6. The van der Waals surface area contributed by atoms with Crippen LogP contribution in [0.5, 0.6) is 0 Å². The highest BCUT2D eigenvalue weighted by Crippen LogP contribution is 2.38. The average Bonchev–Trinajstić information content (AvgIpc) is 3.59. The van der Waals surface area contributed by atoms with Crippen LogP contribution in [0.4, 0.5) is 17.1 Å². The second kappa shape index (κ2) is 12.3. The molecule has 0 aliphatic carbocycles. The van der Waals surface area contributed by atoms with Crippen molar-refractivity contribution in [3.63, 3.8) is 0 Å². The summed E-state index contributed by atoms with van der Waals surface area (Å²) in [7, 11) is 0. The predicted molar refractivity (Wildman–Crippen MR) is 209 cm³/mol. The van der Waals surface area contributed by atoms with Crippen molar-refractivity contribution in [3.05, 3.63) is 170 Å². The minimum absolute atomic E-state index is 0.823. The van der Waals surface area contributed by atoms with Crippen molar-refractivity contribution in [1.82, 2.24) is 24.9 Å². The van der Waals surface area contributed by atoms with E-state index in [4.69, 9.17) is 19.4 Å². The molecule has 0 saturated heterocycles. The fraction of sp³-hybridized carbons (Fsp3) is 0. The van der Waals surface area contributed by atoms with Crippen molar-refractivity contribution < 1.29 is 4.42 Å². The van der Waals surface area contributed by atoms with Crippen molar-refractivity contribution in [2.24, 2.45) is 0 Å². The van der Waals surface area contributed by atoms with Crippen LogP contribution < -0.4 is 4.90 Å². The van der Waals surface area contributed by atoms with E-state index >= 15 is 0 Å². The molecule has 0 spiro atoms. The van der Waals surface area contributed by atoms with Gasteiger partial charge in [-0.05, 0) is 66.7 Å². The molecule has 7 nitrogen and oxygen atoms in total. The number of pyridine rings is 1. The molecular weight excluding hydrogens is 641 g/mol. The first-order chi connectivity index (χ1) is 25.7. The van der Waals surface area contributed by atoms with Crippen molar-refractivity contribution in [2.75, 3.05) is 4.90 Å². The Bertz CT molecular complexity index is 2780. The molecule has 0 fully saturated rings. The zero-order valence-electron chi connectivity index (χ0n) is 27.8. The van der Waals surface area contributed by atoms with Crippen LogP contribution in [0.25, 0.3) is 77.8 Å². The summed E-state index contributed by atoms with van der Waals surface area (Å²) >= 11 is 0. The molecule has 4 aromatic heterocycles. The SMILES string of the molecule is c1ccc2nc(-c3ccc(N(c4ccc(-c5cc6oc7ccccc7c6cn5)cc4)c4ccc(-c5cnc6ccccc6n5)cc4)cc3)cnc2c1. The van der Waals surface area contributed by atoms with Crippen molar-refractivity contribution in [3.8, 4) is 33.8 Å². The summed E-state index contributed by atoms with van der Waals surface area (Å²) in [4.78, 5) is 26.0. The number of anilines is 3. The first-order valence-electron chi connectivity index (χ1n) is 17.1. The molecule has 6 aromatic carbocycles. The highest BCUT2D eigenvalue weighted by atomic mass is 16.3. The van der Waals surface area contributed by atoms with Gasteiger partial charge >= 0.3 is 0 Å². The van der Waals surface area contributed by atoms with Crippen LogP contribution in [-0.2, 0) is 0 Å². The summed E-state index contributed by atoms with van der Waals surface area (Å²) in [6.07, 6.45) is 5.57. The molecule has 0 atom stereocenters. The van der Waals surface area contributed by atoms with E-state index in [0.29, 0.717) is 0 Å². The van der Waals surface area contributed by atoms with E-state index in [9.17, 15) is 0 Å². The van der Waals surface area contributed by atoms with E-state index in [1.165, 1.54) is 0 Å². The lowest BCUT2D eigenvalue weighted by Gasteiger charge is -2.26. The van der Waals surface area contributed by atoms with Crippen LogP contribution in [0.1, 0.15) is 0 Å². The normalized spacial score (nSPS) is 11.5. The molecule has 0 amide bonds. The number of fused-ring (bicyclic) bond motifs is 5. The summed E-state index contributed by atoms with van der Waals surface area (Å²) in [5, 5.41) is 2.08. The Balaban J connectivity index is 1.02. The molecule has 0 unspecified atom stereocenters. The highest BCUT2D eigenvalue weighted by molar-refractivity contribution is 6.05. The third-order valence-corrected chi connectivity index (χ3v) is 9.42. The fourth-order valence-corrected chi connectivity index (χ4v) is 6.76. The highest BCUT2D eigenvalue weighted by Gasteiger charge is 2.16. The first kappa shape index (κ1) is 29.6. The lowest BCUT2D eigenvalue weighted by Crippen LogP contribution is -2.10. The first-order valence-corrected chi connectivity index (χ1v) is 17.1. The summed E-state index contributed by atoms with van der Waals surface area (Å²) in [5.74, 6) is 0. The van der Waals surface area contributed by atoms with Gasteiger partial charge < -0.3 is 9.32 Å². The van der Waals surface area contributed by atoms with Gasteiger partial charge in [0, 0.05) is 56.8 Å². The Kier molecular flexibility index (Phi) is 6.99. The van der Waals surface area contributed by atoms with Gasteiger partial charge in [-0.15, -0.1) is 0 Å². The van der Waals surface area contributed by atoms with E-state index < -0.39 is 0 Å². The van der Waals surface area contributed by atoms with Gasteiger partial charge in [-0.25, -0.2) is 9.97 Å². The Morgan fingerprint density at radius 3 is 1.37 bits per heavy atom. The van der Waals surface area contributed by atoms with Crippen LogP contribution in [0, 0.1) is 0 Å². The summed E-state index contributed by atoms with van der Waals surface area (Å²) < 4.78 is 6.15. The number of furan rings is 1. The van der Waals surface area contributed by atoms with Crippen molar-refractivity contribution in [2.45, 2.75) is 0 Å². The van der Waals surface area contributed by atoms with Crippen LogP contribution in [0.15, 0.2) is 175 Å². The largest absolute Gasteiger partial charge is 0.456 e. The maximum Gasteiger partial charge on any atom is 0.139 e. The second-order valence-electron chi connectivity index (χ2n) is 12.6. The third-order valence-electron chi connectivity index (χ3n) is 9.42. The molecule has 0 bridgehead atoms. The molecule has 4 heterocycles. The van der Waals surface area contributed by atoms with Crippen LogP contribution in [-0.4, -0.2) is 24.9 Å². The quantitative estimate of drug-likeness (QED) is 0.174. The van der Waals surface area contributed by atoms with E-state index in [0.717, 1.165) is 94.8 Å². The zero-order chi connectivity index (χ0) is 34.4. The summed E-state index contributed by atoms with van der Waals surface area (Å²) in [6, 6.07) is 51.3. The van der Waals surface area contributed by atoms with E-state index in [2.05, 4.69) is 93.7 Å². The summed E-state index contributed by atoms with van der Waals surface area (Å²) in [5.41, 5.74) is 13.7. The number of rotatable bonds is 6. The molecule has 0 aliphatic heterocycles. The van der Waals surface area contributed by atoms with Crippen LogP contribution in [0.3, 0.4) is 0 Å². The van der Waals surface area contributed by atoms with E-state index in [1.807, 2.05) is 91.4 Å². The van der Waals surface area contributed by atoms with Crippen LogP contribution >= 0.6 is 0 Å². The summed E-state index contributed by atoms with van der Waals surface area (Å²) in [6.45, 7) is 0. The minimum atomic E-state index is 0.823. The Labute approximate surface area is 298 Å². The smallest absolute Gasteiger partial charge is 0.139 e. The zero-order valence-corrected chi connectivity index (χ0v) is 27.8. The number of aromatic nitrogens is 5. The van der Waals surface area contributed by atoms with Gasteiger partial charge in [-0.1, -0.05) is 78.9 Å². The maximum absolute atomic E-state index is 6.15. The van der Waals surface area contributed by atoms with Crippen LogP contribution in [0.2, 0.25) is 0 Å². The number of para-hydroxylation sites is 5. The molecule has 7 heteroatoms. The monoisotopic (exact) mass is 668 g/mol. The predicted octanol–water partition coefficient (Wildman–Crippen LogP) is 11.3. The van der Waals surface area contributed by atoms with Gasteiger partial charge in [0.05, 0.1) is 51.5 Å². The number of nitrogens with zero attached hydrogens (tertiary/aromatic N) is 6. The van der Waals surface area contributed by atoms with Gasteiger partial charge in [0.15, 0.2) is 0 Å². The second-order valence-corrected chi connectivity index (χ2v) is 12.6. The van der Waals surface area contributed by atoms with Crippen molar-refractivity contribution >= 4 is 61.1 Å². The Morgan fingerprint density at radius 1 is 0.365 bits per heavy atom. The van der Waals surface area contributed by atoms with E-state index in [1.54, 1.807) is 0 Å². The molecular formula is C45H28N6O. The Hall–Kier alpha value is -7.25. The topological polar surface area (TPSA) is 80.8 Å². The number of hydrogen-bond acceptors (Lipinski definition) is 7. The lowest BCUT2D eigenvalue weighted by molar-refractivity contribution is 0.668. The molecule has 0 N–H and O–H groups in total. The van der Waals surface area contributed by atoms with Gasteiger partial charge in [-0.2, -0.15) is 0 Å².